The van der Waals surface area contributed by atoms with Crippen molar-refractivity contribution in [3.05, 3.63) is 24.3 Å². The monoisotopic (exact) mass is 468 g/mol. The Hall–Kier alpha value is -2.44. The van der Waals surface area contributed by atoms with E-state index in [-0.39, 0.29) is 16.6 Å². The normalized spacial score (nSPS) is 11.8. The van der Waals surface area contributed by atoms with Crippen LogP contribution in [-0.4, -0.2) is 58.3 Å². The summed E-state index contributed by atoms with van der Waals surface area (Å²) >= 11 is 1.12. The molecule has 3 amide bonds. The number of nitrogens with zero attached hydrogens (tertiary/aromatic N) is 4. The van der Waals surface area contributed by atoms with E-state index >= 15 is 0 Å². The number of thioether (sulfide) groups is 1. The second-order valence-electron chi connectivity index (χ2n) is 7.13. The lowest BCUT2D eigenvalue weighted by Crippen LogP contribution is -2.36. The predicted molar refractivity (Wildman–Crippen MR) is 119 cm³/mol. The van der Waals surface area contributed by atoms with E-state index < -0.39 is 22.0 Å². The standard InChI is InChI=1S/C19H28N6O4S2/c1-5-24(6-2)31(28,29)15-9-7-8-14(10-15)17-22-23-19(25(17)11-13(3)4)30-12-16(26)21-18(20)27/h7-10,13H,5-6,11-12H2,1-4H3,(H3,20,21,26,27). The molecule has 0 unspecified atom stereocenters. The SMILES string of the molecule is CCN(CC)S(=O)(=O)c1cccc(-c2nnc(SCC(=O)NC(N)=O)n2CC(C)C)c1. The van der Waals surface area contributed by atoms with Gasteiger partial charge in [-0.3, -0.25) is 10.1 Å². The highest BCUT2D eigenvalue weighted by Crippen LogP contribution is 2.27. The van der Waals surface area contributed by atoms with E-state index in [0.717, 1.165) is 11.8 Å². The molecule has 0 fully saturated rings. The zero-order valence-electron chi connectivity index (χ0n) is 18.0. The molecule has 0 atom stereocenters. The summed E-state index contributed by atoms with van der Waals surface area (Å²) < 4.78 is 29.1. The number of hydrogen-bond acceptors (Lipinski definition) is 7. The maximum absolute atomic E-state index is 12.9. The van der Waals surface area contributed by atoms with Crippen LogP contribution in [0.3, 0.4) is 0 Å². The number of nitrogens with one attached hydrogen (secondary N) is 1. The molecule has 3 N–H and O–H groups in total. The van der Waals surface area contributed by atoms with E-state index in [1.54, 1.807) is 38.1 Å². The van der Waals surface area contributed by atoms with E-state index in [0.29, 0.717) is 36.2 Å². The number of nitrogens with two attached hydrogens (primary N) is 1. The molecule has 31 heavy (non-hydrogen) atoms. The number of carbonyl (C=O) groups is 2. The fourth-order valence-electron chi connectivity index (χ4n) is 2.95. The maximum Gasteiger partial charge on any atom is 0.318 e. The summed E-state index contributed by atoms with van der Waals surface area (Å²) in [4.78, 5) is 22.8. The summed E-state index contributed by atoms with van der Waals surface area (Å²) in [5.41, 5.74) is 5.57. The number of sulfonamides is 1. The number of primary amides is 1. The number of rotatable bonds is 10. The van der Waals surface area contributed by atoms with Gasteiger partial charge in [-0.15, -0.1) is 10.2 Å². The first-order chi connectivity index (χ1) is 14.6. The molecular formula is C19H28N6O4S2. The Labute approximate surface area is 186 Å². The van der Waals surface area contributed by atoms with Gasteiger partial charge in [0.25, 0.3) is 0 Å². The quantitative estimate of drug-likeness (QED) is 0.508. The van der Waals surface area contributed by atoms with Crippen LogP contribution >= 0.6 is 11.8 Å². The molecule has 170 valence electrons. The first-order valence-corrected chi connectivity index (χ1v) is 12.3. The number of imide groups is 1. The lowest BCUT2D eigenvalue weighted by Gasteiger charge is -2.19. The lowest BCUT2D eigenvalue weighted by atomic mass is 10.2. The van der Waals surface area contributed by atoms with Crippen molar-refractivity contribution in [3.63, 3.8) is 0 Å². The Balaban J connectivity index is 2.41. The van der Waals surface area contributed by atoms with Crippen molar-refractivity contribution in [1.82, 2.24) is 24.4 Å². The second-order valence-corrected chi connectivity index (χ2v) is 10.0. The number of urea groups is 1. The van der Waals surface area contributed by atoms with Crippen LogP contribution in [0.15, 0.2) is 34.3 Å². The maximum atomic E-state index is 12.9. The number of aromatic nitrogens is 3. The Bertz CT molecular complexity index is 1030. The third kappa shape index (κ3) is 6.28. The highest BCUT2D eigenvalue weighted by molar-refractivity contribution is 7.99. The molecule has 0 radical (unpaired) electrons. The molecule has 1 aromatic carbocycles. The summed E-state index contributed by atoms with van der Waals surface area (Å²) in [6.45, 7) is 8.96. The zero-order valence-corrected chi connectivity index (χ0v) is 19.7. The molecule has 0 bridgehead atoms. The second kappa shape index (κ2) is 10.7. The molecule has 0 saturated carbocycles. The summed E-state index contributed by atoms with van der Waals surface area (Å²) in [5.74, 6) is 0.153. The highest BCUT2D eigenvalue weighted by Gasteiger charge is 2.23. The van der Waals surface area contributed by atoms with Crippen molar-refractivity contribution < 1.29 is 18.0 Å². The van der Waals surface area contributed by atoms with Crippen LogP contribution in [0.2, 0.25) is 0 Å². The molecule has 12 heteroatoms. The van der Waals surface area contributed by atoms with E-state index in [1.165, 1.54) is 4.31 Å². The minimum atomic E-state index is -3.62. The highest BCUT2D eigenvalue weighted by atomic mass is 32.2. The van der Waals surface area contributed by atoms with Crippen molar-refractivity contribution in [1.29, 1.82) is 0 Å². The summed E-state index contributed by atoms with van der Waals surface area (Å²) in [6.07, 6.45) is 0. The summed E-state index contributed by atoms with van der Waals surface area (Å²) in [6, 6.07) is 5.68. The third-order valence-corrected chi connectivity index (χ3v) is 7.31. The predicted octanol–water partition coefficient (Wildman–Crippen LogP) is 1.92. The van der Waals surface area contributed by atoms with Crippen LogP contribution in [0.1, 0.15) is 27.7 Å². The van der Waals surface area contributed by atoms with Crippen molar-refractivity contribution >= 4 is 33.7 Å². The number of benzene rings is 1. The van der Waals surface area contributed by atoms with Crippen molar-refractivity contribution in [2.75, 3.05) is 18.8 Å². The molecule has 1 heterocycles. The van der Waals surface area contributed by atoms with Crippen LogP contribution in [0.5, 0.6) is 0 Å². The minimum absolute atomic E-state index is 0.0600. The van der Waals surface area contributed by atoms with Crippen molar-refractivity contribution in [2.45, 2.75) is 44.3 Å². The third-order valence-electron chi connectivity index (χ3n) is 4.29. The molecule has 0 aliphatic rings. The molecule has 0 aliphatic heterocycles. The molecule has 10 nitrogen and oxygen atoms in total. The number of carbonyl (C=O) groups excluding carboxylic acids is 2. The zero-order chi connectivity index (χ0) is 23.2. The first-order valence-electron chi connectivity index (χ1n) is 9.85. The Kier molecular flexibility index (Phi) is 8.60. The van der Waals surface area contributed by atoms with E-state index in [4.69, 9.17) is 5.73 Å². The lowest BCUT2D eigenvalue weighted by molar-refractivity contribution is -0.117. The van der Waals surface area contributed by atoms with Crippen molar-refractivity contribution in [3.8, 4) is 11.4 Å². The molecule has 0 saturated heterocycles. The van der Waals surface area contributed by atoms with Crippen molar-refractivity contribution in [2.24, 2.45) is 11.7 Å². The van der Waals surface area contributed by atoms with Crippen LogP contribution in [0.4, 0.5) is 4.79 Å². The van der Waals surface area contributed by atoms with E-state index in [1.807, 2.05) is 23.7 Å². The number of amides is 3. The van der Waals surface area contributed by atoms with E-state index in [9.17, 15) is 18.0 Å². The smallest absolute Gasteiger partial charge is 0.318 e. The van der Waals surface area contributed by atoms with Crippen LogP contribution in [0.25, 0.3) is 11.4 Å². The van der Waals surface area contributed by atoms with E-state index in [2.05, 4.69) is 10.2 Å². The Morgan fingerprint density at radius 1 is 1.23 bits per heavy atom. The van der Waals surface area contributed by atoms with Gasteiger partial charge in [0.05, 0.1) is 10.6 Å². The number of hydrogen-bond donors (Lipinski definition) is 2. The van der Waals surface area contributed by atoms with Crippen LogP contribution < -0.4 is 11.1 Å². The molecule has 0 aliphatic carbocycles. The average Bonchev–Trinajstić information content (AvgIpc) is 3.08. The van der Waals surface area contributed by atoms with Gasteiger partial charge in [-0.05, 0) is 18.1 Å². The van der Waals surface area contributed by atoms with Gasteiger partial charge in [0.1, 0.15) is 0 Å². The van der Waals surface area contributed by atoms with Crippen LogP contribution in [0, 0.1) is 5.92 Å². The van der Waals surface area contributed by atoms with Gasteiger partial charge in [0, 0.05) is 25.2 Å². The molecule has 0 spiro atoms. The molecular weight excluding hydrogens is 440 g/mol. The molecule has 1 aromatic heterocycles. The minimum Gasteiger partial charge on any atom is -0.351 e. The summed E-state index contributed by atoms with van der Waals surface area (Å²) in [5, 5.41) is 10.9. The fourth-order valence-corrected chi connectivity index (χ4v) is 5.20. The fraction of sp³-hybridized carbons (Fsp3) is 0.474. The Morgan fingerprint density at radius 2 is 1.90 bits per heavy atom. The molecule has 2 aromatic rings. The first kappa shape index (κ1) is 24.8. The van der Waals surface area contributed by atoms with Crippen LogP contribution in [-0.2, 0) is 21.4 Å². The molecule has 2 rings (SSSR count). The summed E-state index contributed by atoms with van der Waals surface area (Å²) in [7, 11) is -3.62. The van der Waals surface area contributed by atoms with Gasteiger partial charge in [0.15, 0.2) is 11.0 Å². The Morgan fingerprint density at radius 3 is 2.48 bits per heavy atom. The topological polar surface area (TPSA) is 140 Å². The average molecular weight is 469 g/mol. The van der Waals surface area contributed by atoms with Gasteiger partial charge in [-0.25, -0.2) is 13.2 Å². The largest absolute Gasteiger partial charge is 0.351 e. The van der Waals surface area contributed by atoms with Gasteiger partial charge < -0.3 is 10.3 Å². The van der Waals surface area contributed by atoms with Gasteiger partial charge in [-0.2, -0.15) is 4.31 Å². The van der Waals surface area contributed by atoms with Gasteiger partial charge in [-0.1, -0.05) is 51.6 Å². The van der Waals surface area contributed by atoms with Gasteiger partial charge >= 0.3 is 6.03 Å². The van der Waals surface area contributed by atoms with Gasteiger partial charge in [0.2, 0.25) is 15.9 Å².